The third-order valence-electron chi connectivity index (χ3n) is 4.58. The van der Waals surface area contributed by atoms with E-state index in [-0.39, 0.29) is 17.0 Å². The third-order valence-corrected chi connectivity index (χ3v) is 6.27. The summed E-state index contributed by atoms with van der Waals surface area (Å²) in [5, 5.41) is 5.44. The van der Waals surface area contributed by atoms with E-state index in [2.05, 4.69) is 33.9 Å². The van der Waals surface area contributed by atoms with Crippen LogP contribution in [0.5, 0.6) is 0 Å². The zero-order valence-electron chi connectivity index (χ0n) is 15.9. The molecule has 0 bridgehead atoms. The molecular formula is C19H26N4O2S. The van der Waals surface area contributed by atoms with Crippen LogP contribution in [0, 0.1) is 13.8 Å². The van der Waals surface area contributed by atoms with Gasteiger partial charge in [0.2, 0.25) is 10.0 Å². The number of fused-ring (bicyclic) bond motifs is 1. The number of para-hydroxylation sites is 1. The largest absolute Gasteiger partial charge is 0.361 e. The van der Waals surface area contributed by atoms with Gasteiger partial charge in [-0.1, -0.05) is 18.2 Å². The van der Waals surface area contributed by atoms with Gasteiger partial charge in [-0.15, -0.1) is 0 Å². The van der Waals surface area contributed by atoms with Crippen molar-refractivity contribution < 1.29 is 8.42 Å². The maximum Gasteiger partial charge on any atom is 0.244 e. The lowest BCUT2D eigenvalue weighted by molar-refractivity contribution is 0.528. The van der Waals surface area contributed by atoms with E-state index in [4.69, 9.17) is 0 Å². The quantitative estimate of drug-likeness (QED) is 0.693. The van der Waals surface area contributed by atoms with Crippen molar-refractivity contribution in [2.75, 3.05) is 0 Å². The second-order valence-electron chi connectivity index (χ2n) is 7.19. The van der Waals surface area contributed by atoms with Gasteiger partial charge in [-0.2, -0.15) is 5.10 Å². The van der Waals surface area contributed by atoms with E-state index in [1.165, 1.54) is 5.56 Å². The summed E-state index contributed by atoms with van der Waals surface area (Å²) in [5.41, 5.74) is 3.90. The minimum atomic E-state index is -3.61. The fourth-order valence-corrected chi connectivity index (χ4v) is 4.64. The summed E-state index contributed by atoms with van der Waals surface area (Å²) in [6.07, 6.45) is 4.18. The SMILES string of the molecule is Cc1nn(C(C)C)cc1S(=O)(=O)N[C@H](C)Cc1c[nH]c2c(C)cccc12. The second kappa shape index (κ2) is 6.89. The van der Waals surface area contributed by atoms with Crippen molar-refractivity contribution in [1.29, 1.82) is 0 Å². The van der Waals surface area contributed by atoms with Gasteiger partial charge in [0.05, 0.1) is 5.69 Å². The van der Waals surface area contributed by atoms with E-state index >= 15 is 0 Å². The van der Waals surface area contributed by atoms with Gasteiger partial charge in [-0.3, -0.25) is 4.68 Å². The van der Waals surface area contributed by atoms with Crippen molar-refractivity contribution in [3.63, 3.8) is 0 Å². The first-order chi connectivity index (χ1) is 12.2. The molecular weight excluding hydrogens is 348 g/mol. The molecule has 26 heavy (non-hydrogen) atoms. The molecule has 0 saturated heterocycles. The van der Waals surface area contributed by atoms with Gasteiger partial charge in [-0.25, -0.2) is 13.1 Å². The molecule has 2 N–H and O–H groups in total. The van der Waals surface area contributed by atoms with Gasteiger partial charge in [0, 0.05) is 35.4 Å². The van der Waals surface area contributed by atoms with Crippen LogP contribution in [0.25, 0.3) is 10.9 Å². The minimum Gasteiger partial charge on any atom is -0.361 e. The fourth-order valence-electron chi connectivity index (χ4n) is 3.23. The summed E-state index contributed by atoms with van der Waals surface area (Å²) in [6, 6.07) is 6.02. The molecule has 0 radical (unpaired) electrons. The number of aryl methyl sites for hydroxylation is 2. The highest BCUT2D eigenvalue weighted by molar-refractivity contribution is 7.89. The summed E-state index contributed by atoms with van der Waals surface area (Å²) in [7, 11) is -3.61. The second-order valence-corrected chi connectivity index (χ2v) is 8.87. The van der Waals surface area contributed by atoms with E-state index < -0.39 is 10.0 Å². The van der Waals surface area contributed by atoms with E-state index in [0.717, 1.165) is 16.5 Å². The Morgan fingerprint density at radius 2 is 1.96 bits per heavy atom. The topological polar surface area (TPSA) is 79.8 Å². The molecule has 0 unspecified atom stereocenters. The zero-order chi connectivity index (χ0) is 19.1. The van der Waals surface area contributed by atoms with Crippen molar-refractivity contribution in [3.8, 4) is 0 Å². The molecule has 2 aromatic heterocycles. The summed E-state index contributed by atoms with van der Waals surface area (Å²) >= 11 is 0. The summed E-state index contributed by atoms with van der Waals surface area (Å²) in [5.74, 6) is 0. The molecule has 0 aliphatic carbocycles. The number of nitrogens with zero attached hydrogens (tertiary/aromatic N) is 2. The first-order valence-electron chi connectivity index (χ1n) is 8.82. The molecule has 3 rings (SSSR count). The molecule has 0 aliphatic heterocycles. The van der Waals surface area contributed by atoms with Crippen LogP contribution in [0.15, 0.2) is 35.5 Å². The van der Waals surface area contributed by atoms with Crippen LogP contribution in [0.4, 0.5) is 0 Å². The number of sulfonamides is 1. The van der Waals surface area contributed by atoms with E-state index in [1.807, 2.05) is 33.0 Å². The number of hydrogen-bond donors (Lipinski definition) is 2. The number of nitrogens with one attached hydrogen (secondary N) is 2. The predicted molar refractivity (Wildman–Crippen MR) is 104 cm³/mol. The number of hydrogen-bond acceptors (Lipinski definition) is 3. The van der Waals surface area contributed by atoms with Crippen LogP contribution in [-0.4, -0.2) is 29.2 Å². The number of rotatable bonds is 6. The average Bonchev–Trinajstić information content (AvgIpc) is 3.12. The number of H-pyrrole nitrogens is 1. The lowest BCUT2D eigenvalue weighted by Gasteiger charge is -2.13. The Hall–Kier alpha value is -2.12. The Kier molecular flexibility index (Phi) is 4.94. The van der Waals surface area contributed by atoms with Gasteiger partial charge in [0.1, 0.15) is 4.90 Å². The van der Waals surface area contributed by atoms with Crippen molar-refractivity contribution in [3.05, 3.63) is 47.4 Å². The smallest absolute Gasteiger partial charge is 0.244 e. The maximum atomic E-state index is 12.8. The summed E-state index contributed by atoms with van der Waals surface area (Å²) < 4.78 is 30.0. The molecule has 0 saturated carbocycles. The van der Waals surface area contributed by atoms with Crippen LogP contribution < -0.4 is 4.72 Å². The molecule has 0 fully saturated rings. The monoisotopic (exact) mass is 374 g/mol. The number of aromatic amines is 1. The molecule has 0 spiro atoms. The third kappa shape index (κ3) is 3.54. The maximum absolute atomic E-state index is 12.8. The molecule has 6 nitrogen and oxygen atoms in total. The minimum absolute atomic E-state index is 0.115. The van der Waals surface area contributed by atoms with Crippen LogP contribution in [-0.2, 0) is 16.4 Å². The predicted octanol–water partition coefficient (Wildman–Crippen LogP) is 3.47. The van der Waals surface area contributed by atoms with Crippen molar-refractivity contribution in [2.45, 2.75) is 58.0 Å². The number of benzene rings is 1. The molecule has 1 aromatic carbocycles. The van der Waals surface area contributed by atoms with Gasteiger partial charge in [-0.05, 0) is 52.2 Å². The lowest BCUT2D eigenvalue weighted by Crippen LogP contribution is -2.34. The van der Waals surface area contributed by atoms with Gasteiger partial charge < -0.3 is 4.98 Å². The van der Waals surface area contributed by atoms with E-state index in [0.29, 0.717) is 12.1 Å². The lowest BCUT2D eigenvalue weighted by atomic mass is 10.1. The van der Waals surface area contributed by atoms with Gasteiger partial charge in [0.25, 0.3) is 0 Å². The molecule has 3 aromatic rings. The zero-order valence-corrected chi connectivity index (χ0v) is 16.7. The fraction of sp³-hybridized carbons (Fsp3) is 0.421. The first kappa shape index (κ1) is 18.7. The van der Waals surface area contributed by atoms with Gasteiger partial charge in [0.15, 0.2) is 0 Å². The highest BCUT2D eigenvalue weighted by Crippen LogP contribution is 2.23. The van der Waals surface area contributed by atoms with Crippen molar-refractivity contribution >= 4 is 20.9 Å². The Bertz CT molecular complexity index is 1030. The summed E-state index contributed by atoms with van der Waals surface area (Å²) in [6.45, 7) is 9.61. The van der Waals surface area contributed by atoms with Crippen molar-refractivity contribution in [1.82, 2.24) is 19.5 Å². The van der Waals surface area contributed by atoms with E-state index in [9.17, 15) is 8.42 Å². The molecule has 0 aliphatic rings. The van der Waals surface area contributed by atoms with Gasteiger partial charge >= 0.3 is 0 Å². The van der Waals surface area contributed by atoms with Crippen LogP contribution >= 0.6 is 0 Å². The molecule has 2 heterocycles. The summed E-state index contributed by atoms with van der Waals surface area (Å²) in [4.78, 5) is 3.53. The Morgan fingerprint density at radius 1 is 1.23 bits per heavy atom. The molecule has 7 heteroatoms. The molecule has 1 atom stereocenters. The van der Waals surface area contributed by atoms with E-state index in [1.54, 1.807) is 17.8 Å². The highest BCUT2D eigenvalue weighted by Gasteiger charge is 2.23. The Labute approximate surface area is 154 Å². The molecule has 140 valence electrons. The molecule has 0 amide bonds. The Morgan fingerprint density at radius 3 is 2.62 bits per heavy atom. The van der Waals surface area contributed by atoms with Crippen LogP contribution in [0.3, 0.4) is 0 Å². The standard InChI is InChI=1S/C19H26N4O2S/c1-12(2)23-11-18(15(5)21-23)26(24,25)22-14(4)9-16-10-20-19-13(3)7-6-8-17(16)19/h6-8,10-12,14,20,22H,9H2,1-5H3/t14-/m1/s1. The number of aromatic nitrogens is 3. The first-order valence-corrected chi connectivity index (χ1v) is 10.3. The Balaban J connectivity index is 1.80. The average molecular weight is 375 g/mol. The van der Waals surface area contributed by atoms with Crippen LogP contribution in [0.2, 0.25) is 0 Å². The highest BCUT2D eigenvalue weighted by atomic mass is 32.2. The normalized spacial score (nSPS) is 13.6. The van der Waals surface area contributed by atoms with Crippen LogP contribution in [0.1, 0.15) is 43.6 Å². The van der Waals surface area contributed by atoms with Crippen molar-refractivity contribution in [2.24, 2.45) is 0 Å².